The summed E-state index contributed by atoms with van der Waals surface area (Å²) >= 11 is 0. The van der Waals surface area contributed by atoms with Crippen molar-refractivity contribution >= 4 is 11.6 Å². The van der Waals surface area contributed by atoms with E-state index in [2.05, 4.69) is 31.1 Å². The van der Waals surface area contributed by atoms with Crippen molar-refractivity contribution in [2.45, 2.75) is 25.7 Å². The molecular formula is C16H18N8. The Hall–Kier alpha value is -2.95. The Morgan fingerprint density at radius 3 is 2.79 bits per heavy atom. The van der Waals surface area contributed by atoms with E-state index in [0.717, 1.165) is 31.3 Å². The lowest BCUT2D eigenvalue weighted by Crippen LogP contribution is -2.19. The van der Waals surface area contributed by atoms with Crippen molar-refractivity contribution in [3.05, 3.63) is 35.5 Å². The minimum absolute atomic E-state index is 0.534. The van der Waals surface area contributed by atoms with E-state index in [0.29, 0.717) is 23.5 Å². The van der Waals surface area contributed by atoms with Crippen LogP contribution >= 0.6 is 0 Å². The normalized spacial score (nSPS) is 14.4. The van der Waals surface area contributed by atoms with Crippen molar-refractivity contribution in [2.24, 2.45) is 7.05 Å². The fraction of sp³-hybridized carbons (Fsp3) is 0.438. The minimum Gasteiger partial charge on any atom is -0.340 e. The van der Waals surface area contributed by atoms with Gasteiger partial charge in [0.15, 0.2) is 11.5 Å². The van der Waals surface area contributed by atoms with Gasteiger partial charge in [-0.05, 0) is 25.0 Å². The van der Waals surface area contributed by atoms with Gasteiger partial charge in [-0.1, -0.05) is 0 Å². The van der Waals surface area contributed by atoms with Gasteiger partial charge in [-0.2, -0.15) is 15.3 Å². The molecule has 0 saturated carbocycles. The number of rotatable bonds is 4. The van der Waals surface area contributed by atoms with Crippen LogP contribution in [0.2, 0.25) is 0 Å². The molecule has 0 radical (unpaired) electrons. The summed E-state index contributed by atoms with van der Waals surface area (Å²) in [5.74, 6) is 2.46. The largest absolute Gasteiger partial charge is 0.340 e. The van der Waals surface area contributed by atoms with Crippen molar-refractivity contribution in [3.63, 3.8) is 0 Å². The summed E-state index contributed by atoms with van der Waals surface area (Å²) in [6.45, 7) is 2.07. The SMILES string of the molecule is Cn1nc(N2CCCC2)nc1CCc1nc2c(C#N)cccn2n1. The summed E-state index contributed by atoms with van der Waals surface area (Å²) in [4.78, 5) is 11.4. The van der Waals surface area contributed by atoms with Crippen LogP contribution in [0.15, 0.2) is 18.3 Å². The van der Waals surface area contributed by atoms with Gasteiger partial charge in [0.25, 0.3) is 0 Å². The topological polar surface area (TPSA) is 87.9 Å². The zero-order valence-electron chi connectivity index (χ0n) is 13.6. The number of nitriles is 1. The quantitative estimate of drug-likeness (QED) is 0.715. The molecule has 8 heteroatoms. The van der Waals surface area contributed by atoms with Gasteiger partial charge >= 0.3 is 0 Å². The molecule has 0 aliphatic carbocycles. The molecule has 3 aromatic rings. The molecule has 24 heavy (non-hydrogen) atoms. The number of pyridine rings is 1. The summed E-state index contributed by atoms with van der Waals surface area (Å²) in [6, 6.07) is 5.69. The summed E-state index contributed by atoms with van der Waals surface area (Å²) in [5, 5.41) is 18.1. The van der Waals surface area contributed by atoms with E-state index in [9.17, 15) is 0 Å². The minimum atomic E-state index is 0.534. The fourth-order valence-corrected chi connectivity index (χ4v) is 3.04. The Morgan fingerprint density at radius 1 is 1.17 bits per heavy atom. The van der Waals surface area contributed by atoms with Crippen molar-refractivity contribution in [1.29, 1.82) is 5.26 Å². The lowest BCUT2D eigenvalue weighted by atomic mass is 10.3. The van der Waals surface area contributed by atoms with Gasteiger partial charge in [-0.15, -0.1) is 5.10 Å². The number of fused-ring (bicyclic) bond motifs is 1. The standard InChI is InChI=1S/C16H18N8/c1-22-14(19-16(21-22)23-8-2-3-9-23)7-6-13-18-15-12(11-17)5-4-10-24(15)20-13/h4-5,10H,2-3,6-9H2,1H3. The number of aromatic nitrogens is 6. The van der Waals surface area contributed by atoms with Crippen LogP contribution in [0, 0.1) is 11.3 Å². The molecule has 1 fully saturated rings. The molecule has 3 aromatic heterocycles. The van der Waals surface area contributed by atoms with Crippen LogP contribution in [0.1, 0.15) is 30.1 Å². The Balaban J connectivity index is 1.52. The molecule has 1 aliphatic heterocycles. The summed E-state index contributed by atoms with van der Waals surface area (Å²) in [7, 11) is 1.92. The van der Waals surface area contributed by atoms with Gasteiger partial charge < -0.3 is 4.90 Å². The van der Waals surface area contributed by atoms with E-state index in [4.69, 9.17) is 5.26 Å². The molecule has 1 aliphatic rings. The van der Waals surface area contributed by atoms with E-state index in [1.165, 1.54) is 12.8 Å². The molecule has 0 unspecified atom stereocenters. The number of anilines is 1. The second-order valence-corrected chi connectivity index (χ2v) is 5.98. The maximum atomic E-state index is 9.14. The number of aryl methyl sites for hydroxylation is 3. The van der Waals surface area contributed by atoms with E-state index >= 15 is 0 Å². The summed E-state index contributed by atoms with van der Waals surface area (Å²) < 4.78 is 3.49. The molecular weight excluding hydrogens is 304 g/mol. The smallest absolute Gasteiger partial charge is 0.244 e. The van der Waals surface area contributed by atoms with E-state index < -0.39 is 0 Å². The second kappa shape index (κ2) is 5.92. The Labute approximate surface area is 139 Å². The highest BCUT2D eigenvalue weighted by molar-refractivity contribution is 5.54. The molecule has 0 atom stereocenters. The molecule has 0 amide bonds. The van der Waals surface area contributed by atoms with Crippen LogP contribution in [0.3, 0.4) is 0 Å². The third kappa shape index (κ3) is 2.58. The first-order valence-corrected chi connectivity index (χ1v) is 8.14. The zero-order chi connectivity index (χ0) is 16.5. The van der Waals surface area contributed by atoms with Crippen LogP contribution in [0.25, 0.3) is 5.65 Å². The number of nitrogens with zero attached hydrogens (tertiary/aromatic N) is 8. The highest BCUT2D eigenvalue weighted by Gasteiger charge is 2.18. The van der Waals surface area contributed by atoms with Crippen molar-refractivity contribution < 1.29 is 0 Å². The van der Waals surface area contributed by atoms with Gasteiger partial charge in [0.1, 0.15) is 11.9 Å². The molecule has 0 N–H and O–H groups in total. The predicted molar refractivity (Wildman–Crippen MR) is 87.6 cm³/mol. The van der Waals surface area contributed by atoms with Crippen LogP contribution in [0.4, 0.5) is 5.95 Å². The first-order valence-electron chi connectivity index (χ1n) is 8.14. The average Bonchev–Trinajstić information content (AvgIpc) is 3.31. The molecule has 8 nitrogen and oxygen atoms in total. The van der Waals surface area contributed by atoms with Gasteiger partial charge in [-0.3, -0.25) is 4.68 Å². The molecule has 122 valence electrons. The predicted octanol–water partition coefficient (Wildman–Crippen LogP) is 1.11. The van der Waals surface area contributed by atoms with Gasteiger partial charge in [0.2, 0.25) is 5.95 Å². The van der Waals surface area contributed by atoms with Crippen LogP contribution in [0.5, 0.6) is 0 Å². The molecule has 0 spiro atoms. The first-order chi connectivity index (χ1) is 11.7. The second-order valence-electron chi connectivity index (χ2n) is 5.98. The van der Waals surface area contributed by atoms with Crippen molar-refractivity contribution in [3.8, 4) is 6.07 Å². The summed E-state index contributed by atoms with van der Waals surface area (Å²) in [5.41, 5.74) is 1.14. The molecule has 0 aromatic carbocycles. The van der Waals surface area contributed by atoms with E-state index in [-0.39, 0.29) is 0 Å². The number of hydrogen-bond donors (Lipinski definition) is 0. The van der Waals surface area contributed by atoms with Crippen molar-refractivity contribution in [2.75, 3.05) is 18.0 Å². The van der Waals surface area contributed by atoms with Crippen molar-refractivity contribution in [1.82, 2.24) is 29.4 Å². The molecule has 0 bridgehead atoms. The summed E-state index contributed by atoms with van der Waals surface area (Å²) in [6.07, 6.45) is 5.61. The van der Waals surface area contributed by atoms with Gasteiger partial charge in [0.05, 0.1) is 5.56 Å². The van der Waals surface area contributed by atoms with Gasteiger partial charge in [0, 0.05) is 39.2 Å². The third-order valence-corrected chi connectivity index (χ3v) is 4.33. The van der Waals surface area contributed by atoms with Crippen LogP contribution in [-0.2, 0) is 19.9 Å². The lowest BCUT2D eigenvalue weighted by molar-refractivity contribution is 0.681. The molecule has 1 saturated heterocycles. The maximum absolute atomic E-state index is 9.14. The average molecular weight is 322 g/mol. The maximum Gasteiger partial charge on any atom is 0.244 e. The Morgan fingerprint density at radius 2 is 2.00 bits per heavy atom. The van der Waals surface area contributed by atoms with Crippen LogP contribution < -0.4 is 4.90 Å². The Bertz CT molecular complexity index is 910. The van der Waals surface area contributed by atoms with Crippen LogP contribution in [-0.4, -0.2) is 42.5 Å². The van der Waals surface area contributed by atoms with E-state index in [1.54, 1.807) is 22.8 Å². The third-order valence-electron chi connectivity index (χ3n) is 4.33. The zero-order valence-corrected chi connectivity index (χ0v) is 13.6. The molecule has 4 heterocycles. The van der Waals surface area contributed by atoms with E-state index in [1.807, 2.05) is 11.7 Å². The van der Waals surface area contributed by atoms with Gasteiger partial charge in [-0.25, -0.2) is 9.50 Å². The highest BCUT2D eigenvalue weighted by Crippen LogP contribution is 2.17. The highest BCUT2D eigenvalue weighted by atomic mass is 15.4. The fourth-order valence-electron chi connectivity index (χ4n) is 3.04. The molecule has 4 rings (SSSR count). The monoisotopic (exact) mass is 322 g/mol. The Kier molecular flexibility index (Phi) is 3.61. The number of hydrogen-bond acceptors (Lipinski definition) is 6. The first kappa shape index (κ1) is 14.6. The lowest BCUT2D eigenvalue weighted by Gasteiger charge is -2.10.